The van der Waals surface area contributed by atoms with Crippen molar-refractivity contribution in [2.75, 3.05) is 10.7 Å². The summed E-state index contributed by atoms with van der Waals surface area (Å²) < 4.78 is 52.8. The average Bonchev–Trinajstić information content (AvgIpc) is 2.60. The van der Waals surface area contributed by atoms with Gasteiger partial charge >= 0.3 is 6.18 Å². The zero-order valence-corrected chi connectivity index (χ0v) is 13.7. The van der Waals surface area contributed by atoms with Crippen LogP contribution in [0.3, 0.4) is 0 Å². The highest BCUT2D eigenvalue weighted by atomic mass is 19.4. The van der Waals surface area contributed by atoms with E-state index in [1.165, 1.54) is 0 Å². The van der Waals surface area contributed by atoms with E-state index in [9.17, 15) is 27.2 Å². The molecule has 0 heterocycles. The van der Waals surface area contributed by atoms with Crippen molar-refractivity contribution in [1.82, 2.24) is 5.43 Å². The molecule has 2 rings (SSSR count). The maximum atomic E-state index is 13.6. The minimum Gasteiger partial charge on any atom is -0.324 e. The number of nitrogens with one attached hydrogen (secondary N) is 3. The largest absolute Gasteiger partial charge is 0.418 e. The molecule has 0 bridgehead atoms. The molecule has 0 aliphatic rings. The molecule has 0 atom stereocenters. The highest BCUT2D eigenvalue weighted by Gasteiger charge is 2.34. The van der Waals surface area contributed by atoms with Crippen molar-refractivity contribution in [3.8, 4) is 6.07 Å². The Morgan fingerprint density at radius 2 is 1.78 bits per heavy atom. The second-order valence-corrected chi connectivity index (χ2v) is 5.32. The SMILES string of the molecule is CC(=O)Nc1cc(C(=O)NNc2ccc(C#N)cc2C(F)(F)F)ccc1F. The van der Waals surface area contributed by atoms with E-state index in [0.29, 0.717) is 6.07 Å². The summed E-state index contributed by atoms with van der Waals surface area (Å²) in [6.07, 6.45) is -4.76. The molecule has 140 valence electrons. The number of rotatable bonds is 4. The number of hydrogen-bond donors (Lipinski definition) is 3. The molecule has 0 aliphatic heterocycles. The van der Waals surface area contributed by atoms with Gasteiger partial charge in [-0.1, -0.05) is 0 Å². The van der Waals surface area contributed by atoms with E-state index in [4.69, 9.17) is 5.26 Å². The number of nitrogens with zero attached hydrogens (tertiary/aromatic N) is 1. The third-order valence-corrected chi connectivity index (χ3v) is 3.30. The predicted molar refractivity (Wildman–Crippen MR) is 88.0 cm³/mol. The van der Waals surface area contributed by atoms with Gasteiger partial charge in [-0.05, 0) is 36.4 Å². The quantitative estimate of drug-likeness (QED) is 0.560. The number of hydrogen-bond acceptors (Lipinski definition) is 4. The average molecular weight is 380 g/mol. The molecule has 2 amide bonds. The molecular formula is C17H12F4N4O2. The van der Waals surface area contributed by atoms with Gasteiger partial charge in [0.05, 0.1) is 28.6 Å². The van der Waals surface area contributed by atoms with Crippen LogP contribution in [0.4, 0.5) is 28.9 Å². The van der Waals surface area contributed by atoms with Crippen molar-refractivity contribution in [2.45, 2.75) is 13.1 Å². The van der Waals surface area contributed by atoms with Crippen LogP contribution in [0.25, 0.3) is 0 Å². The Morgan fingerprint density at radius 1 is 1.07 bits per heavy atom. The summed E-state index contributed by atoms with van der Waals surface area (Å²) in [5.41, 5.74) is 2.04. The lowest BCUT2D eigenvalue weighted by molar-refractivity contribution is -0.137. The Labute approximate surface area is 150 Å². The molecule has 10 heteroatoms. The van der Waals surface area contributed by atoms with Gasteiger partial charge in [0, 0.05) is 12.5 Å². The maximum absolute atomic E-state index is 13.6. The molecule has 0 saturated heterocycles. The number of carbonyl (C=O) groups is 2. The van der Waals surface area contributed by atoms with E-state index in [2.05, 4.69) is 16.2 Å². The van der Waals surface area contributed by atoms with Crippen LogP contribution in [0.5, 0.6) is 0 Å². The van der Waals surface area contributed by atoms with Crippen LogP contribution < -0.4 is 16.2 Å². The molecule has 0 saturated carbocycles. The number of carbonyl (C=O) groups excluding carboxylic acids is 2. The Morgan fingerprint density at radius 3 is 2.37 bits per heavy atom. The maximum Gasteiger partial charge on any atom is 0.418 e. The van der Waals surface area contributed by atoms with Gasteiger partial charge < -0.3 is 5.32 Å². The number of nitriles is 1. The first-order valence-corrected chi connectivity index (χ1v) is 7.36. The molecule has 3 N–H and O–H groups in total. The fraction of sp³-hybridized carbons (Fsp3) is 0.118. The zero-order valence-electron chi connectivity index (χ0n) is 13.7. The van der Waals surface area contributed by atoms with Gasteiger partial charge in [-0.25, -0.2) is 4.39 Å². The highest BCUT2D eigenvalue weighted by molar-refractivity contribution is 5.97. The Hall–Kier alpha value is -3.61. The topological polar surface area (TPSA) is 94.0 Å². The molecule has 0 aliphatic carbocycles. The Bertz CT molecular complexity index is 936. The molecule has 27 heavy (non-hydrogen) atoms. The molecule has 0 fully saturated rings. The molecular weight excluding hydrogens is 368 g/mol. The van der Waals surface area contributed by atoms with Crippen LogP contribution in [0.1, 0.15) is 28.4 Å². The third kappa shape index (κ3) is 4.94. The number of amides is 2. The van der Waals surface area contributed by atoms with Crippen LogP contribution in [0.15, 0.2) is 36.4 Å². The number of anilines is 2. The molecule has 2 aromatic carbocycles. The van der Waals surface area contributed by atoms with E-state index in [1.54, 1.807) is 6.07 Å². The summed E-state index contributed by atoms with van der Waals surface area (Å²) >= 11 is 0. The number of benzene rings is 2. The van der Waals surface area contributed by atoms with E-state index in [-0.39, 0.29) is 16.8 Å². The number of alkyl halides is 3. The number of hydrazine groups is 1. The summed E-state index contributed by atoms with van der Waals surface area (Å²) in [7, 11) is 0. The van der Waals surface area contributed by atoms with Crippen LogP contribution in [-0.2, 0) is 11.0 Å². The molecule has 0 radical (unpaired) electrons. The van der Waals surface area contributed by atoms with Gasteiger partial charge in [-0.3, -0.25) is 20.4 Å². The third-order valence-electron chi connectivity index (χ3n) is 3.30. The van der Waals surface area contributed by atoms with Crippen molar-refractivity contribution in [3.05, 3.63) is 58.9 Å². The first-order chi connectivity index (χ1) is 12.6. The highest BCUT2D eigenvalue weighted by Crippen LogP contribution is 2.35. The van der Waals surface area contributed by atoms with Crippen LogP contribution in [0.2, 0.25) is 0 Å². The standard InChI is InChI=1S/C17H12F4N4O2/c1-9(26)23-15-7-11(3-4-13(15)18)16(27)25-24-14-5-2-10(8-22)6-12(14)17(19,20)21/h2-7,24H,1H3,(H,23,26)(H,25,27). The normalized spacial score (nSPS) is 10.7. The van der Waals surface area contributed by atoms with Crippen molar-refractivity contribution in [2.24, 2.45) is 0 Å². The van der Waals surface area contributed by atoms with E-state index in [0.717, 1.165) is 37.3 Å². The van der Waals surface area contributed by atoms with Gasteiger partial charge in [0.15, 0.2) is 0 Å². The molecule has 0 spiro atoms. The lowest BCUT2D eigenvalue weighted by Crippen LogP contribution is -2.30. The fourth-order valence-corrected chi connectivity index (χ4v) is 2.11. The molecule has 2 aromatic rings. The molecule has 6 nitrogen and oxygen atoms in total. The van der Waals surface area contributed by atoms with Gasteiger partial charge in [-0.2, -0.15) is 18.4 Å². The predicted octanol–water partition coefficient (Wildman–Crippen LogP) is 3.43. The smallest absolute Gasteiger partial charge is 0.324 e. The lowest BCUT2D eigenvalue weighted by Gasteiger charge is -2.15. The van der Waals surface area contributed by atoms with Crippen LogP contribution >= 0.6 is 0 Å². The second-order valence-electron chi connectivity index (χ2n) is 5.32. The number of halogens is 4. The summed E-state index contributed by atoms with van der Waals surface area (Å²) in [6.45, 7) is 1.15. The van der Waals surface area contributed by atoms with Crippen molar-refractivity contribution >= 4 is 23.2 Å². The first kappa shape index (κ1) is 19.7. The Kier molecular flexibility index (Phi) is 5.65. The van der Waals surface area contributed by atoms with Crippen molar-refractivity contribution in [3.63, 3.8) is 0 Å². The van der Waals surface area contributed by atoms with Gasteiger partial charge in [0.1, 0.15) is 5.82 Å². The first-order valence-electron chi connectivity index (χ1n) is 7.36. The van der Waals surface area contributed by atoms with E-state index in [1.807, 2.05) is 0 Å². The van der Waals surface area contributed by atoms with E-state index >= 15 is 0 Å². The fourth-order valence-electron chi connectivity index (χ4n) is 2.11. The van der Waals surface area contributed by atoms with Gasteiger partial charge in [0.25, 0.3) is 5.91 Å². The zero-order chi connectivity index (χ0) is 20.2. The van der Waals surface area contributed by atoms with Crippen LogP contribution in [-0.4, -0.2) is 11.8 Å². The molecule has 0 aromatic heterocycles. The Balaban J connectivity index is 2.21. The summed E-state index contributed by atoms with van der Waals surface area (Å²) in [4.78, 5) is 23.1. The monoisotopic (exact) mass is 380 g/mol. The summed E-state index contributed by atoms with van der Waals surface area (Å²) in [6, 6.07) is 7.45. The van der Waals surface area contributed by atoms with E-state index < -0.39 is 35.1 Å². The van der Waals surface area contributed by atoms with Crippen LogP contribution in [0, 0.1) is 17.1 Å². The molecule has 0 unspecified atom stereocenters. The van der Waals surface area contributed by atoms with Gasteiger partial charge in [-0.15, -0.1) is 0 Å². The lowest BCUT2D eigenvalue weighted by atomic mass is 10.1. The minimum atomic E-state index is -4.76. The second kappa shape index (κ2) is 7.74. The van der Waals surface area contributed by atoms with Crippen molar-refractivity contribution < 1.29 is 27.2 Å². The van der Waals surface area contributed by atoms with Crippen molar-refractivity contribution in [1.29, 1.82) is 5.26 Å². The minimum absolute atomic E-state index is 0.102. The summed E-state index contributed by atoms with van der Waals surface area (Å²) in [5.74, 6) is -2.20. The van der Waals surface area contributed by atoms with Gasteiger partial charge in [0.2, 0.25) is 5.91 Å². The summed E-state index contributed by atoms with van der Waals surface area (Å²) in [5, 5.41) is 10.9.